The van der Waals surface area contributed by atoms with Crippen LogP contribution in [0.2, 0.25) is 0 Å². The zero-order valence-electron chi connectivity index (χ0n) is 13.7. The number of amides is 1. The molecule has 0 aliphatic rings. The Balaban J connectivity index is 1.89. The van der Waals surface area contributed by atoms with Gasteiger partial charge in [0, 0.05) is 24.5 Å². The van der Waals surface area contributed by atoms with Gasteiger partial charge in [0.1, 0.15) is 0 Å². The number of halogens is 1. The molecule has 2 rings (SSSR count). The molecule has 0 spiro atoms. The van der Waals surface area contributed by atoms with Crippen LogP contribution in [0.3, 0.4) is 0 Å². The Morgan fingerprint density at radius 2 is 1.68 bits per heavy atom. The number of hydrogen-bond donors (Lipinski definition) is 2. The topological polar surface area (TPSA) is 75.3 Å². The van der Waals surface area contributed by atoms with E-state index in [4.69, 9.17) is 11.6 Å². The Labute approximate surface area is 153 Å². The van der Waals surface area contributed by atoms with Crippen LogP contribution in [-0.4, -0.2) is 26.7 Å². The van der Waals surface area contributed by atoms with E-state index in [0.717, 1.165) is 5.56 Å². The second kappa shape index (κ2) is 9.56. The standard InChI is InChI=1S/C18H21ClN2O3S/c19-13-4-7-18(22)21-16-8-10-17(11-9-16)25(23,24)20-14-12-15-5-2-1-3-6-15/h1-3,5-6,8-11,20H,4,7,12-14H2,(H,21,22). The molecule has 0 radical (unpaired) electrons. The van der Waals surface area contributed by atoms with Gasteiger partial charge in [-0.1, -0.05) is 30.3 Å². The Bertz CT molecular complexity index is 778. The SMILES string of the molecule is O=C(CCCCl)Nc1ccc(S(=O)(=O)NCCc2ccccc2)cc1. The maximum absolute atomic E-state index is 12.3. The molecule has 5 nitrogen and oxygen atoms in total. The van der Waals surface area contributed by atoms with Crippen molar-refractivity contribution in [3.63, 3.8) is 0 Å². The molecule has 0 fully saturated rings. The van der Waals surface area contributed by atoms with Crippen molar-refractivity contribution in [3.05, 3.63) is 60.2 Å². The highest BCUT2D eigenvalue weighted by molar-refractivity contribution is 7.89. The van der Waals surface area contributed by atoms with Gasteiger partial charge in [0.15, 0.2) is 0 Å². The van der Waals surface area contributed by atoms with Gasteiger partial charge in [0.05, 0.1) is 4.90 Å². The smallest absolute Gasteiger partial charge is 0.240 e. The minimum atomic E-state index is -3.57. The number of rotatable bonds is 9. The first-order valence-corrected chi connectivity index (χ1v) is 10.0. The molecule has 0 bridgehead atoms. The summed E-state index contributed by atoms with van der Waals surface area (Å²) in [5, 5.41) is 2.71. The van der Waals surface area contributed by atoms with Gasteiger partial charge in [-0.2, -0.15) is 0 Å². The molecular weight excluding hydrogens is 360 g/mol. The highest BCUT2D eigenvalue weighted by Gasteiger charge is 2.13. The fourth-order valence-electron chi connectivity index (χ4n) is 2.23. The van der Waals surface area contributed by atoms with E-state index in [-0.39, 0.29) is 10.8 Å². The third-order valence-corrected chi connectivity index (χ3v) is 5.28. The Morgan fingerprint density at radius 1 is 1.00 bits per heavy atom. The summed E-state index contributed by atoms with van der Waals surface area (Å²) in [6.07, 6.45) is 1.56. The van der Waals surface area contributed by atoms with Crippen LogP contribution in [0, 0.1) is 0 Å². The van der Waals surface area contributed by atoms with Gasteiger partial charge in [0.2, 0.25) is 15.9 Å². The highest BCUT2D eigenvalue weighted by Crippen LogP contribution is 2.14. The molecular formula is C18H21ClN2O3S. The number of hydrogen-bond acceptors (Lipinski definition) is 3. The lowest BCUT2D eigenvalue weighted by molar-refractivity contribution is -0.116. The Morgan fingerprint density at radius 3 is 2.32 bits per heavy atom. The number of carbonyl (C=O) groups is 1. The van der Waals surface area contributed by atoms with Crippen molar-refractivity contribution >= 4 is 33.2 Å². The fraction of sp³-hybridized carbons (Fsp3) is 0.278. The number of anilines is 1. The lowest BCUT2D eigenvalue weighted by Gasteiger charge is -2.09. The van der Waals surface area contributed by atoms with Gasteiger partial charge >= 0.3 is 0 Å². The predicted molar refractivity (Wildman–Crippen MR) is 100 cm³/mol. The molecule has 0 unspecified atom stereocenters. The molecule has 0 heterocycles. The Hall–Kier alpha value is -1.89. The van der Waals surface area contributed by atoms with Gasteiger partial charge in [-0.25, -0.2) is 13.1 Å². The molecule has 2 aromatic rings. The molecule has 1 amide bonds. The van der Waals surface area contributed by atoms with E-state index in [2.05, 4.69) is 10.0 Å². The summed E-state index contributed by atoms with van der Waals surface area (Å²) in [6, 6.07) is 15.8. The second-order valence-corrected chi connectivity index (χ2v) is 7.64. The summed E-state index contributed by atoms with van der Waals surface area (Å²) in [7, 11) is -3.57. The summed E-state index contributed by atoms with van der Waals surface area (Å²) in [6.45, 7) is 0.323. The van der Waals surface area contributed by atoms with Crippen LogP contribution >= 0.6 is 11.6 Å². The average molecular weight is 381 g/mol. The van der Waals surface area contributed by atoms with Crippen molar-refractivity contribution in [1.29, 1.82) is 0 Å². The van der Waals surface area contributed by atoms with Crippen LogP contribution in [-0.2, 0) is 21.2 Å². The van der Waals surface area contributed by atoms with E-state index >= 15 is 0 Å². The first kappa shape index (κ1) is 19.4. The lowest BCUT2D eigenvalue weighted by atomic mass is 10.2. The minimum absolute atomic E-state index is 0.141. The summed E-state index contributed by atoms with van der Waals surface area (Å²) >= 11 is 5.55. The van der Waals surface area contributed by atoms with E-state index in [0.29, 0.717) is 37.4 Å². The molecule has 0 saturated carbocycles. The fourth-order valence-corrected chi connectivity index (χ4v) is 3.39. The highest BCUT2D eigenvalue weighted by atomic mass is 35.5. The van der Waals surface area contributed by atoms with Crippen molar-refractivity contribution in [2.45, 2.75) is 24.2 Å². The van der Waals surface area contributed by atoms with Crippen LogP contribution in [0.1, 0.15) is 18.4 Å². The van der Waals surface area contributed by atoms with Crippen LogP contribution in [0.5, 0.6) is 0 Å². The number of nitrogens with one attached hydrogen (secondary N) is 2. The lowest BCUT2D eigenvalue weighted by Crippen LogP contribution is -2.26. The van der Waals surface area contributed by atoms with Crippen molar-refractivity contribution in [2.24, 2.45) is 0 Å². The third kappa shape index (κ3) is 6.49. The van der Waals surface area contributed by atoms with Crippen LogP contribution in [0.25, 0.3) is 0 Å². The monoisotopic (exact) mass is 380 g/mol. The number of sulfonamides is 1. The van der Waals surface area contributed by atoms with E-state index in [9.17, 15) is 13.2 Å². The second-order valence-electron chi connectivity index (χ2n) is 5.50. The van der Waals surface area contributed by atoms with Gasteiger partial charge < -0.3 is 5.32 Å². The summed E-state index contributed by atoms with van der Waals surface area (Å²) in [5.41, 5.74) is 1.63. The number of carbonyl (C=O) groups excluding carboxylic acids is 1. The maximum Gasteiger partial charge on any atom is 0.240 e. The third-order valence-electron chi connectivity index (χ3n) is 3.53. The zero-order valence-corrected chi connectivity index (χ0v) is 15.3. The van der Waals surface area contributed by atoms with Gasteiger partial charge in [-0.3, -0.25) is 4.79 Å². The first-order chi connectivity index (χ1) is 12.0. The van der Waals surface area contributed by atoms with E-state index in [1.165, 1.54) is 12.1 Å². The number of alkyl halides is 1. The molecule has 25 heavy (non-hydrogen) atoms. The molecule has 0 aliphatic heterocycles. The molecule has 0 saturated heterocycles. The van der Waals surface area contributed by atoms with Gasteiger partial charge in [0.25, 0.3) is 0 Å². The van der Waals surface area contributed by atoms with E-state index < -0.39 is 10.0 Å². The normalized spacial score (nSPS) is 11.2. The number of benzene rings is 2. The molecule has 7 heteroatoms. The molecule has 134 valence electrons. The van der Waals surface area contributed by atoms with Crippen molar-refractivity contribution in [1.82, 2.24) is 4.72 Å². The largest absolute Gasteiger partial charge is 0.326 e. The van der Waals surface area contributed by atoms with Crippen molar-refractivity contribution in [2.75, 3.05) is 17.7 Å². The van der Waals surface area contributed by atoms with E-state index in [1.807, 2.05) is 30.3 Å². The molecule has 0 aromatic heterocycles. The molecule has 0 aliphatic carbocycles. The van der Waals surface area contributed by atoms with Crippen LogP contribution in [0.15, 0.2) is 59.5 Å². The van der Waals surface area contributed by atoms with Crippen molar-refractivity contribution < 1.29 is 13.2 Å². The van der Waals surface area contributed by atoms with Gasteiger partial charge in [-0.15, -0.1) is 11.6 Å². The predicted octanol–water partition coefficient (Wildman–Crippen LogP) is 3.17. The van der Waals surface area contributed by atoms with Crippen LogP contribution < -0.4 is 10.0 Å². The Kier molecular flexibility index (Phi) is 7.43. The molecule has 2 aromatic carbocycles. The van der Waals surface area contributed by atoms with Crippen LogP contribution in [0.4, 0.5) is 5.69 Å². The average Bonchev–Trinajstić information content (AvgIpc) is 2.61. The maximum atomic E-state index is 12.3. The zero-order chi connectivity index (χ0) is 18.1. The quantitative estimate of drug-likeness (QED) is 0.656. The van der Waals surface area contributed by atoms with E-state index in [1.54, 1.807) is 12.1 Å². The first-order valence-electron chi connectivity index (χ1n) is 8.01. The summed E-state index contributed by atoms with van der Waals surface area (Å²) < 4.78 is 27.2. The summed E-state index contributed by atoms with van der Waals surface area (Å²) in [4.78, 5) is 11.8. The molecule has 2 N–H and O–H groups in total. The summed E-state index contributed by atoms with van der Waals surface area (Å²) in [5.74, 6) is 0.288. The van der Waals surface area contributed by atoms with Gasteiger partial charge in [-0.05, 0) is 42.7 Å². The molecule has 0 atom stereocenters. The van der Waals surface area contributed by atoms with Crippen molar-refractivity contribution in [3.8, 4) is 0 Å². The minimum Gasteiger partial charge on any atom is -0.326 e.